The predicted molar refractivity (Wildman–Crippen MR) is 88.9 cm³/mol. The van der Waals surface area contributed by atoms with Crippen LogP contribution in [0.15, 0.2) is 14.7 Å². The second-order valence-corrected chi connectivity index (χ2v) is 9.77. The molecule has 1 aliphatic rings. The Morgan fingerprint density at radius 2 is 2.05 bits per heavy atom. The topological polar surface area (TPSA) is 66.4 Å². The molecule has 0 radical (unpaired) electrons. The molecule has 0 saturated heterocycles. The van der Waals surface area contributed by atoms with Crippen LogP contribution in [0.1, 0.15) is 50.3 Å². The molecule has 1 fully saturated rings. The Balaban J connectivity index is 2.00. The van der Waals surface area contributed by atoms with Gasteiger partial charge in [0.15, 0.2) is 0 Å². The van der Waals surface area contributed by atoms with Gasteiger partial charge >= 0.3 is 0 Å². The van der Waals surface area contributed by atoms with Crippen molar-refractivity contribution in [2.24, 2.45) is 5.92 Å². The normalized spacial score (nSPS) is 23.4. The summed E-state index contributed by atoms with van der Waals surface area (Å²) in [6.07, 6.45) is 6.49. The number of nitrogens with one attached hydrogen (secondary N) is 1. The number of hydrogen-bond donors (Lipinski definition) is 2. The van der Waals surface area contributed by atoms with E-state index < -0.39 is 10.0 Å². The van der Waals surface area contributed by atoms with E-state index in [9.17, 15) is 8.42 Å². The van der Waals surface area contributed by atoms with Crippen molar-refractivity contribution in [3.8, 4) is 0 Å². The highest BCUT2D eigenvalue weighted by Crippen LogP contribution is 2.33. The van der Waals surface area contributed by atoms with Crippen LogP contribution in [0.2, 0.25) is 0 Å². The highest BCUT2D eigenvalue weighted by Gasteiger charge is 2.27. The van der Waals surface area contributed by atoms with Crippen molar-refractivity contribution in [2.45, 2.75) is 63.0 Å². The molecule has 0 aromatic carbocycles. The van der Waals surface area contributed by atoms with Gasteiger partial charge in [0, 0.05) is 10.9 Å². The van der Waals surface area contributed by atoms with Gasteiger partial charge in [-0.3, -0.25) is 0 Å². The lowest BCUT2D eigenvalue weighted by Crippen LogP contribution is -2.37. The molecule has 0 aliphatic heterocycles. The maximum absolute atomic E-state index is 12.4. The summed E-state index contributed by atoms with van der Waals surface area (Å²) in [5.41, 5.74) is 0. The maximum atomic E-state index is 12.4. The van der Waals surface area contributed by atoms with E-state index in [1.54, 1.807) is 6.07 Å². The fraction of sp³-hybridized carbons (Fsp3) is 0.714. The molecule has 1 aromatic heterocycles. The first-order valence-electron chi connectivity index (χ1n) is 7.37. The van der Waals surface area contributed by atoms with Crippen LogP contribution in [0, 0.1) is 5.92 Å². The van der Waals surface area contributed by atoms with E-state index in [1.165, 1.54) is 24.2 Å². The summed E-state index contributed by atoms with van der Waals surface area (Å²) in [6.45, 7) is 2.06. The third-order valence-electron chi connectivity index (χ3n) is 4.02. The molecular weight excluding hydrogens is 374 g/mol. The van der Waals surface area contributed by atoms with Gasteiger partial charge in [0.05, 0.1) is 10.4 Å². The molecule has 2 N–H and O–H groups in total. The van der Waals surface area contributed by atoms with Crippen LogP contribution in [0.5, 0.6) is 0 Å². The lowest BCUT2D eigenvalue weighted by atomic mass is 9.84. The van der Waals surface area contributed by atoms with Crippen molar-refractivity contribution in [1.82, 2.24) is 4.72 Å². The van der Waals surface area contributed by atoms with Crippen LogP contribution in [0.3, 0.4) is 0 Å². The Labute approximate surface area is 139 Å². The monoisotopic (exact) mass is 395 g/mol. The first-order chi connectivity index (χ1) is 9.96. The molecule has 0 bridgehead atoms. The SMILES string of the molecule is CCCC1CCC(NS(=O)(=O)c2cc(CO)sc2Br)CC1. The van der Waals surface area contributed by atoms with Gasteiger partial charge in [0.25, 0.3) is 0 Å². The smallest absolute Gasteiger partial charge is 0.242 e. The first kappa shape index (κ1) is 17.4. The van der Waals surface area contributed by atoms with Crippen LogP contribution in [0.25, 0.3) is 0 Å². The molecule has 120 valence electrons. The molecule has 4 nitrogen and oxygen atoms in total. The molecule has 0 unspecified atom stereocenters. The maximum Gasteiger partial charge on any atom is 0.242 e. The van der Waals surface area contributed by atoms with Gasteiger partial charge in [-0.05, 0) is 53.6 Å². The van der Waals surface area contributed by atoms with Crippen LogP contribution in [0.4, 0.5) is 0 Å². The molecule has 1 heterocycles. The van der Waals surface area contributed by atoms with Gasteiger partial charge in [-0.2, -0.15) is 0 Å². The van der Waals surface area contributed by atoms with E-state index >= 15 is 0 Å². The lowest BCUT2D eigenvalue weighted by Gasteiger charge is -2.28. The van der Waals surface area contributed by atoms with E-state index in [4.69, 9.17) is 5.11 Å². The van der Waals surface area contributed by atoms with Crippen molar-refractivity contribution in [1.29, 1.82) is 0 Å². The number of rotatable bonds is 6. The molecule has 0 atom stereocenters. The Morgan fingerprint density at radius 3 is 2.57 bits per heavy atom. The molecular formula is C14H22BrNO3S2. The van der Waals surface area contributed by atoms with Gasteiger partial charge in [-0.1, -0.05) is 19.8 Å². The minimum atomic E-state index is -3.51. The molecule has 21 heavy (non-hydrogen) atoms. The highest BCUT2D eigenvalue weighted by atomic mass is 79.9. The van der Waals surface area contributed by atoms with Gasteiger partial charge < -0.3 is 5.11 Å². The van der Waals surface area contributed by atoms with Crippen LogP contribution in [-0.4, -0.2) is 19.6 Å². The van der Waals surface area contributed by atoms with E-state index in [2.05, 4.69) is 27.6 Å². The molecule has 0 spiro atoms. The minimum absolute atomic E-state index is 0.0347. The predicted octanol–water partition coefficient (Wildman–Crippen LogP) is 3.64. The van der Waals surface area contributed by atoms with E-state index in [1.807, 2.05) is 0 Å². The number of aliphatic hydroxyl groups is 1. The third-order valence-corrected chi connectivity index (χ3v) is 7.77. The first-order valence-corrected chi connectivity index (χ1v) is 10.5. The van der Waals surface area contributed by atoms with Crippen molar-refractivity contribution in [3.63, 3.8) is 0 Å². The fourth-order valence-electron chi connectivity index (χ4n) is 2.92. The van der Waals surface area contributed by atoms with Crippen LogP contribution in [-0.2, 0) is 16.6 Å². The third kappa shape index (κ3) is 4.51. The zero-order valence-electron chi connectivity index (χ0n) is 12.1. The molecule has 1 saturated carbocycles. The molecule has 2 rings (SSSR count). The van der Waals surface area contributed by atoms with E-state index in [0.717, 1.165) is 31.6 Å². The zero-order chi connectivity index (χ0) is 15.5. The minimum Gasteiger partial charge on any atom is -0.391 e. The Kier molecular flexibility index (Phi) is 6.25. The summed E-state index contributed by atoms with van der Waals surface area (Å²) in [5, 5.41) is 9.12. The number of halogens is 1. The van der Waals surface area contributed by atoms with Gasteiger partial charge in [-0.15, -0.1) is 11.3 Å². The number of aliphatic hydroxyl groups excluding tert-OH is 1. The second kappa shape index (κ2) is 7.55. The summed E-state index contributed by atoms with van der Waals surface area (Å²) >= 11 is 4.53. The van der Waals surface area contributed by atoms with Gasteiger partial charge in [0.1, 0.15) is 4.90 Å². The van der Waals surface area contributed by atoms with Crippen LogP contribution < -0.4 is 4.72 Å². The highest BCUT2D eigenvalue weighted by molar-refractivity contribution is 9.11. The standard InChI is InChI=1S/C14H22BrNO3S2/c1-2-3-10-4-6-11(7-5-10)16-21(18,19)13-8-12(9-17)20-14(13)15/h8,10-11,16-17H,2-7,9H2,1H3. The average Bonchev–Trinajstić information content (AvgIpc) is 2.83. The largest absolute Gasteiger partial charge is 0.391 e. The quantitative estimate of drug-likeness (QED) is 0.772. The Bertz CT molecular complexity index is 563. The number of sulfonamides is 1. The second-order valence-electron chi connectivity index (χ2n) is 5.64. The van der Waals surface area contributed by atoms with E-state index in [-0.39, 0.29) is 17.5 Å². The van der Waals surface area contributed by atoms with Gasteiger partial charge in [0.2, 0.25) is 10.0 Å². The van der Waals surface area contributed by atoms with Crippen molar-refractivity contribution >= 4 is 37.3 Å². The summed E-state index contributed by atoms with van der Waals surface area (Å²) in [4.78, 5) is 0.890. The van der Waals surface area contributed by atoms with Gasteiger partial charge in [-0.25, -0.2) is 13.1 Å². The molecule has 0 amide bonds. The fourth-order valence-corrected chi connectivity index (χ4v) is 6.77. The average molecular weight is 396 g/mol. The molecule has 7 heteroatoms. The Hall–Kier alpha value is 0.0500. The zero-order valence-corrected chi connectivity index (χ0v) is 15.4. The van der Waals surface area contributed by atoms with Crippen molar-refractivity contribution < 1.29 is 13.5 Å². The van der Waals surface area contributed by atoms with E-state index in [0.29, 0.717) is 8.66 Å². The lowest BCUT2D eigenvalue weighted by molar-refractivity contribution is 0.285. The summed E-state index contributed by atoms with van der Waals surface area (Å²) < 4.78 is 28.3. The van der Waals surface area contributed by atoms with Crippen LogP contribution >= 0.6 is 27.3 Å². The van der Waals surface area contributed by atoms with Crippen molar-refractivity contribution in [2.75, 3.05) is 0 Å². The van der Waals surface area contributed by atoms with Crippen molar-refractivity contribution in [3.05, 3.63) is 14.7 Å². The summed E-state index contributed by atoms with van der Waals surface area (Å²) in [7, 11) is -3.51. The Morgan fingerprint density at radius 1 is 1.38 bits per heavy atom. The number of thiophene rings is 1. The molecule has 1 aromatic rings. The summed E-state index contributed by atoms with van der Waals surface area (Å²) in [5.74, 6) is 0.754. The number of hydrogen-bond acceptors (Lipinski definition) is 4. The molecule has 1 aliphatic carbocycles. The summed E-state index contributed by atoms with van der Waals surface area (Å²) in [6, 6.07) is 1.58.